The summed E-state index contributed by atoms with van der Waals surface area (Å²) in [7, 11) is 0. The lowest BCUT2D eigenvalue weighted by Gasteiger charge is -2.35. The van der Waals surface area contributed by atoms with Crippen molar-refractivity contribution in [2.45, 2.75) is 32.6 Å². The summed E-state index contributed by atoms with van der Waals surface area (Å²) in [6.45, 7) is 2.49. The van der Waals surface area contributed by atoms with Crippen molar-refractivity contribution in [2.75, 3.05) is 0 Å². The van der Waals surface area contributed by atoms with E-state index < -0.39 is 0 Å². The van der Waals surface area contributed by atoms with E-state index in [0.717, 1.165) is 35.5 Å². The van der Waals surface area contributed by atoms with Crippen molar-refractivity contribution >= 4 is 0 Å². The lowest BCUT2D eigenvalue weighted by atomic mass is 9.69. The molecule has 0 radical (unpaired) electrons. The second kappa shape index (κ2) is 2.04. The molecule has 0 aromatic heterocycles. The van der Waals surface area contributed by atoms with Crippen LogP contribution in [-0.4, -0.2) is 0 Å². The maximum absolute atomic E-state index is 2.58. The zero-order valence-electron chi connectivity index (χ0n) is 8.37. The van der Waals surface area contributed by atoms with Crippen molar-refractivity contribution in [3.8, 4) is 0 Å². The molecule has 3 fully saturated rings. The Labute approximate surface area is 80.4 Å². The monoisotopic (exact) mass is 174 g/mol. The molecule has 4 rings (SSSR count). The molecular formula is C13H18. The van der Waals surface area contributed by atoms with Gasteiger partial charge in [0.2, 0.25) is 0 Å². The van der Waals surface area contributed by atoms with Crippen LogP contribution in [0, 0.1) is 35.5 Å². The highest BCUT2D eigenvalue weighted by Crippen LogP contribution is 2.66. The quantitative estimate of drug-likeness (QED) is 0.494. The van der Waals surface area contributed by atoms with Crippen molar-refractivity contribution in [3.63, 3.8) is 0 Å². The van der Waals surface area contributed by atoms with Gasteiger partial charge in [-0.3, -0.25) is 0 Å². The molecule has 0 heteroatoms. The van der Waals surface area contributed by atoms with Gasteiger partial charge in [-0.15, -0.1) is 0 Å². The lowest BCUT2D eigenvalue weighted by Crippen LogP contribution is -2.29. The lowest BCUT2D eigenvalue weighted by molar-refractivity contribution is 0.152. The largest absolute Gasteiger partial charge is 0.0847 e. The minimum absolute atomic E-state index is 1.06. The molecule has 2 bridgehead atoms. The number of rotatable bonds is 0. The molecular weight excluding hydrogens is 156 g/mol. The average Bonchev–Trinajstić information content (AvgIpc) is 2.72. The molecule has 4 aliphatic carbocycles. The fraction of sp³-hybridized carbons (Fsp3) is 0.846. The highest BCUT2D eigenvalue weighted by molar-refractivity contribution is 5.30. The molecule has 0 aliphatic heterocycles. The minimum atomic E-state index is 1.06. The normalized spacial score (nSPS) is 61.5. The van der Waals surface area contributed by atoms with Gasteiger partial charge >= 0.3 is 0 Å². The topological polar surface area (TPSA) is 0 Å². The van der Waals surface area contributed by atoms with Gasteiger partial charge in [0, 0.05) is 0 Å². The first-order valence-electron chi connectivity index (χ1n) is 6.03. The minimum Gasteiger partial charge on any atom is -0.0847 e. The van der Waals surface area contributed by atoms with Crippen LogP contribution in [0.1, 0.15) is 32.6 Å². The molecule has 3 saturated carbocycles. The Bertz CT molecular complexity index is 288. The fourth-order valence-corrected chi connectivity index (χ4v) is 4.94. The van der Waals surface area contributed by atoms with Gasteiger partial charge in [0.15, 0.2) is 0 Å². The van der Waals surface area contributed by atoms with Gasteiger partial charge in [-0.25, -0.2) is 0 Å². The average molecular weight is 174 g/mol. The first-order chi connectivity index (χ1) is 6.34. The Morgan fingerprint density at radius 1 is 1.23 bits per heavy atom. The van der Waals surface area contributed by atoms with Crippen LogP contribution in [0.4, 0.5) is 0 Å². The van der Waals surface area contributed by atoms with Gasteiger partial charge < -0.3 is 0 Å². The number of allylic oxidation sites excluding steroid dienone is 2. The molecule has 0 amide bonds. The summed E-state index contributed by atoms with van der Waals surface area (Å²) in [5, 5.41) is 0. The molecule has 6 atom stereocenters. The van der Waals surface area contributed by atoms with Crippen LogP contribution in [0.3, 0.4) is 0 Å². The molecule has 0 N–H and O–H groups in total. The van der Waals surface area contributed by atoms with Gasteiger partial charge in [0.05, 0.1) is 0 Å². The molecule has 0 heterocycles. The third-order valence-corrected chi connectivity index (χ3v) is 5.46. The van der Waals surface area contributed by atoms with E-state index in [9.17, 15) is 0 Å². The van der Waals surface area contributed by atoms with E-state index in [-0.39, 0.29) is 0 Å². The van der Waals surface area contributed by atoms with Gasteiger partial charge in [-0.05, 0) is 61.2 Å². The fourth-order valence-electron chi connectivity index (χ4n) is 4.94. The van der Waals surface area contributed by atoms with E-state index in [1.54, 1.807) is 12.8 Å². The SMILES string of the molecule is CC1CC2CC1C1CC=C3CC3C21. The summed E-state index contributed by atoms with van der Waals surface area (Å²) in [5.74, 6) is 6.67. The smallest absolute Gasteiger partial charge is 0.0132 e. The molecule has 0 aromatic rings. The molecule has 70 valence electrons. The highest BCUT2D eigenvalue weighted by atomic mass is 14.6. The molecule has 4 aliphatic rings. The zero-order valence-corrected chi connectivity index (χ0v) is 8.37. The standard InChI is InChI=1S/C13H18/c1-7-4-9-6-11(7)10-3-2-8-5-12(8)13(9)10/h2,7,9-13H,3-6H2,1H3. The number of fused-ring (bicyclic) bond motifs is 7. The number of hydrogen-bond donors (Lipinski definition) is 0. The Morgan fingerprint density at radius 2 is 2.15 bits per heavy atom. The third kappa shape index (κ3) is 0.742. The number of hydrogen-bond acceptors (Lipinski definition) is 0. The predicted molar refractivity (Wildman–Crippen MR) is 53.2 cm³/mol. The highest BCUT2D eigenvalue weighted by Gasteiger charge is 2.57. The van der Waals surface area contributed by atoms with Gasteiger partial charge in [-0.2, -0.15) is 0 Å². The first-order valence-corrected chi connectivity index (χ1v) is 6.03. The zero-order chi connectivity index (χ0) is 8.58. The van der Waals surface area contributed by atoms with E-state index in [2.05, 4.69) is 13.0 Å². The maximum atomic E-state index is 2.58. The van der Waals surface area contributed by atoms with Crippen molar-refractivity contribution < 1.29 is 0 Å². The second-order valence-corrected chi connectivity index (χ2v) is 5.94. The molecule has 6 unspecified atom stereocenters. The van der Waals surface area contributed by atoms with E-state index in [4.69, 9.17) is 0 Å². The Morgan fingerprint density at radius 3 is 3.08 bits per heavy atom. The predicted octanol–water partition coefficient (Wildman–Crippen LogP) is 3.24. The summed E-state index contributed by atoms with van der Waals surface area (Å²) in [6.07, 6.45) is 8.67. The van der Waals surface area contributed by atoms with E-state index >= 15 is 0 Å². The van der Waals surface area contributed by atoms with Crippen LogP contribution in [0.15, 0.2) is 11.6 Å². The van der Waals surface area contributed by atoms with Crippen molar-refractivity contribution in [1.29, 1.82) is 0 Å². The Hall–Kier alpha value is -0.260. The molecule has 0 nitrogen and oxygen atoms in total. The van der Waals surface area contributed by atoms with Crippen LogP contribution >= 0.6 is 0 Å². The molecule has 0 saturated heterocycles. The van der Waals surface area contributed by atoms with Crippen LogP contribution in [0.2, 0.25) is 0 Å². The maximum Gasteiger partial charge on any atom is -0.0132 e. The van der Waals surface area contributed by atoms with Gasteiger partial charge in [0.1, 0.15) is 0 Å². The summed E-state index contributed by atoms with van der Waals surface area (Å²) in [5.41, 5.74) is 1.83. The first kappa shape index (κ1) is 7.09. The van der Waals surface area contributed by atoms with E-state index in [1.165, 1.54) is 12.8 Å². The second-order valence-electron chi connectivity index (χ2n) is 5.94. The van der Waals surface area contributed by atoms with Crippen LogP contribution < -0.4 is 0 Å². The van der Waals surface area contributed by atoms with Crippen molar-refractivity contribution in [2.24, 2.45) is 35.5 Å². The summed E-state index contributed by atoms with van der Waals surface area (Å²) in [6, 6.07) is 0. The van der Waals surface area contributed by atoms with Crippen LogP contribution in [0.25, 0.3) is 0 Å². The Kier molecular flexibility index (Phi) is 1.11. The van der Waals surface area contributed by atoms with E-state index in [1.807, 2.05) is 5.57 Å². The summed E-state index contributed by atoms with van der Waals surface area (Å²) < 4.78 is 0. The van der Waals surface area contributed by atoms with Gasteiger partial charge in [0.25, 0.3) is 0 Å². The van der Waals surface area contributed by atoms with Gasteiger partial charge in [-0.1, -0.05) is 18.6 Å². The third-order valence-electron chi connectivity index (χ3n) is 5.46. The van der Waals surface area contributed by atoms with Crippen molar-refractivity contribution in [1.82, 2.24) is 0 Å². The van der Waals surface area contributed by atoms with Crippen LogP contribution in [-0.2, 0) is 0 Å². The van der Waals surface area contributed by atoms with Crippen LogP contribution in [0.5, 0.6) is 0 Å². The Balaban J connectivity index is 1.74. The summed E-state index contributed by atoms with van der Waals surface area (Å²) >= 11 is 0. The van der Waals surface area contributed by atoms with Crippen molar-refractivity contribution in [3.05, 3.63) is 11.6 Å². The molecule has 13 heavy (non-hydrogen) atoms. The molecule has 0 aromatic carbocycles. The molecule has 0 spiro atoms. The van der Waals surface area contributed by atoms with E-state index in [0.29, 0.717) is 0 Å². The summed E-state index contributed by atoms with van der Waals surface area (Å²) in [4.78, 5) is 0.